The van der Waals surface area contributed by atoms with E-state index in [9.17, 15) is 4.79 Å². The Balaban J connectivity index is 1.76. The highest BCUT2D eigenvalue weighted by Gasteiger charge is 2.59. The topological polar surface area (TPSA) is 38.7 Å². The van der Waals surface area contributed by atoms with Crippen LogP contribution >= 0.6 is 0 Å². The average molecular weight is 452 g/mol. The molecular formula is C31H33NO2. The largest absolute Gasteiger partial charge is 0.444 e. The van der Waals surface area contributed by atoms with E-state index in [0.717, 1.165) is 28.8 Å². The van der Waals surface area contributed by atoms with Gasteiger partial charge in [-0.3, -0.25) is 9.79 Å². The zero-order valence-electron chi connectivity index (χ0n) is 20.5. The van der Waals surface area contributed by atoms with Crippen LogP contribution in [0.1, 0.15) is 63.6 Å². The number of benzene rings is 3. The zero-order valence-corrected chi connectivity index (χ0v) is 20.5. The monoisotopic (exact) mass is 451 g/mol. The van der Waals surface area contributed by atoms with Gasteiger partial charge in [-0.25, -0.2) is 0 Å². The summed E-state index contributed by atoms with van der Waals surface area (Å²) in [5.74, 6) is 0.341. The number of ether oxygens (including phenoxy) is 1. The number of rotatable bonds is 5. The van der Waals surface area contributed by atoms with Crippen molar-refractivity contribution in [2.45, 2.75) is 52.6 Å². The first kappa shape index (κ1) is 22.6. The van der Waals surface area contributed by atoms with Gasteiger partial charge in [-0.1, -0.05) is 99.6 Å². The van der Waals surface area contributed by atoms with Crippen LogP contribution in [0.5, 0.6) is 0 Å². The van der Waals surface area contributed by atoms with Crippen molar-refractivity contribution in [1.29, 1.82) is 0 Å². The molecule has 2 unspecified atom stereocenters. The van der Waals surface area contributed by atoms with Gasteiger partial charge in [0.1, 0.15) is 0 Å². The van der Waals surface area contributed by atoms with Gasteiger partial charge in [-0.05, 0) is 36.7 Å². The molecule has 2 aliphatic carbocycles. The summed E-state index contributed by atoms with van der Waals surface area (Å²) in [6.45, 7) is 8.66. The molecule has 0 saturated heterocycles. The number of esters is 1. The Kier molecular flexibility index (Phi) is 5.47. The number of carbonyl (C=O) groups excluding carboxylic acids is 1. The fourth-order valence-corrected chi connectivity index (χ4v) is 6.32. The van der Waals surface area contributed by atoms with Gasteiger partial charge < -0.3 is 4.74 Å². The molecule has 3 nitrogen and oxygen atoms in total. The molecule has 34 heavy (non-hydrogen) atoms. The molecular weight excluding hydrogens is 418 g/mol. The van der Waals surface area contributed by atoms with Crippen LogP contribution in [0.15, 0.2) is 89.9 Å². The standard InChI is InChI=1S/C31H33NO2/c1-22(33)34-31(23-13-7-5-8-14-23,24-15-9-6-10-16-24)26-17-11-12-18-27(26)32-28-21-25-19-20-30(28,4)29(25,2)3/h5-18,25H,19-21H2,1-4H3. The van der Waals surface area contributed by atoms with Crippen LogP contribution in [-0.2, 0) is 15.1 Å². The number of aliphatic imine (C=N–C) groups is 1. The molecule has 3 aromatic carbocycles. The van der Waals surface area contributed by atoms with Crippen molar-refractivity contribution in [2.75, 3.05) is 0 Å². The fourth-order valence-electron chi connectivity index (χ4n) is 6.32. The molecule has 0 spiro atoms. The summed E-state index contributed by atoms with van der Waals surface area (Å²) < 4.78 is 6.32. The van der Waals surface area contributed by atoms with E-state index in [4.69, 9.17) is 9.73 Å². The summed E-state index contributed by atoms with van der Waals surface area (Å²) in [6, 6.07) is 28.2. The van der Waals surface area contributed by atoms with Gasteiger partial charge in [0.05, 0.1) is 5.69 Å². The molecule has 0 heterocycles. The Bertz CT molecular complexity index is 1190. The van der Waals surface area contributed by atoms with Crippen LogP contribution in [-0.4, -0.2) is 11.7 Å². The second-order valence-corrected chi connectivity index (χ2v) is 10.6. The van der Waals surface area contributed by atoms with Gasteiger partial charge in [0.15, 0.2) is 5.60 Å². The van der Waals surface area contributed by atoms with Crippen molar-refractivity contribution >= 4 is 17.4 Å². The van der Waals surface area contributed by atoms with Crippen LogP contribution < -0.4 is 0 Å². The van der Waals surface area contributed by atoms with Crippen LogP contribution in [0.25, 0.3) is 0 Å². The highest BCUT2D eigenvalue weighted by molar-refractivity contribution is 5.96. The molecule has 2 aliphatic rings. The van der Waals surface area contributed by atoms with Crippen molar-refractivity contribution in [1.82, 2.24) is 0 Å². The van der Waals surface area contributed by atoms with Gasteiger partial charge in [0, 0.05) is 34.7 Å². The molecule has 174 valence electrons. The van der Waals surface area contributed by atoms with Crippen molar-refractivity contribution in [2.24, 2.45) is 21.7 Å². The Labute approximate surface area is 202 Å². The summed E-state index contributed by atoms with van der Waals surface area (Å²) in [7, 11) is 0. The van der Waals surface area contributed by atoms with Gasteiger partial charge in [-0.15, -0.1) is 0 Å². The van der Waals surface area contributed by atoms with Crippen LogP contribution in [0.4, 0.5) is 5.69 Å². The summed E-state index contributed by atoms with van der Waals surface area (Å²) >= 11 is 0. The van der Waals surface area contributed by atoms with Crippen LogP contribution in [0.2, 0.25) is 0 Å². The quantitative estimate of drug-likeness (QED) is 0.298. The normalized spacial score (nSPS) is 24.4. The first-order valence-electron chi connectivity index (χ1n) is 12.3. The molecule has 0 amide bonds. The van der Waals surface area contributed by atoms with Crippen molar-refractivity contribution in [3.05, 3.63) is 102 Å². The van der Waals surface area contributed by atoms with Crippen molar-refractivity contribution in [3.8, 4) is 0 Å². The zero-order chi connectivity index (χ0) is 24.0. The van der Waals surface area contributed by atoms with Crippen molar-refractivity contribution < 1.29 is 9.53 Å². The van der Waals surface area contributed by atoms with Gasteiger partial charge in [-0.2, -0.15) is 0 Å². The first-order chi connectivity index (χ1) is 16.3. The Morgan fingerprint density at radius 1 is 0.882 bits per heavy atom. The number of hydrogen-bond donors (Lipinski definition) is 0. The third-order valence-corrected chi connectivity index (χ3v) is 8.71. The van der Waals surface area contributed by atoms with Gasteiger partial charge in [0.2, 0.25) is 0 Å². The molecule has 2 bridgehead atoms. The number of para-hydroxylation sites is 1. The van der Waals surface area contributed by atoms with E-state index in [-0.39, 0.29) is 16.8 Å². The maximum absolute atomic E-state index is 12.6. The number of nitrogens with zero attached hydrogens (tertiary/aromatic N) is 1. The highest BCUT2D eigenvalue weighted by atomic mass is 16.6. The van der Waals surface area contributed by atoms with Crippen LogP contribution in [0.3, 0.4) is 0 Å². The van der Waals surface area contributed by atoms with Gasteiger partial charge in [0.25, 0.3) is 0 Å². The van der Waals surface area contributed by atoms with E-state index >= 15 is 0 Å². The molecule has 3 aromatic rings. The molecule has 0 radical (unpaired) electrons. The predicted molar refractivity (Wildman–Crippen MR) is 137 cm³/mol. The molecule has 2 atom stereocenters. The molecule has 0 N–H and O–H groups in total. The third-order valence-electron chi connectivity index (χ3n) is 8.71. The summed E-state index contributed by atoms with van der Waals surface area (Å²) in [6.07, 6.45) is 3.49. The Morgan fingerprint density at radius 3 is 1.94 bits per heavy atom. The fraction of sp³-hybridized carbons (Fsp3) is 0.355. The highest BCUT2D eigenvalue weighted by Crippen LogP contribution is 2.64. The van der Waals surface area contributed by atoms with E-state index in [1.807, 2.05) is 72.8 Å². The van der Waals surface area contributed by atoms with Gasteiger partial charge >= 0.3 is 5.97 Å². The first-order valence-corrected chi connectivity index (χ1v) is 12.3. The van der Waals surface area contributed by atoms with Crippen molar-refractivity contribution in [3.63, 3.8) is 0 Å². The minimum absolute atomic E-state index is 0.0916. The SMILES string of the molecule is CC(=O)OC(c1ccccc1)(c1ccccc1)c1ccccc1N=C1CC2CCC1(C)C2(C)C. The Morgan fingerprint density at radius 2 is 1.44 bits per heavy atom. The number of carbonyl (C=O) groups is 1. The molecule has 3 heteroatoms. The molecule has 0 aliphatic heterocycles. The van der Waals surface area contributed by atoms with E-state index in [2.05, 4.69) is 32.9 Å². The maximum atomic E-state index is 12.6. The molecule has 5 rings (SSSR count). The second kappa shape index (κ2) is 8.23. The minimum atomic E-state index is -1.09. The second-order valence-electron chi connectivity index (χ2n) is 10.6. The molecule has 2 saturated carbocycles. The van der Waals surface area contributed by atoms with E-state index in [0.29, 0.717) is 5.92 Å². The lowest BCUT2D eigenvalue weighted by molar-refractivity contribution is -0.150. The third kappa shape index (κ3) is 3.33. The number of hydrogen-bond acceptors (Lipinski definition) is 3. The smallest absolute Gasteiger partial charge is 0.304 e. The molecule has 0 aromatic heterocycles. The summed E-state index contributed by atoms with van der Waals surface area (Å²) in [5, 5.41) is 0. The predicted octanol–water partition coefficient (Wildman–Crippen LogP) is 7.46. The van der Waals surface area contributed by atoms with E-state index in [1.54, 1.807) is 0 Å². The summed E-state index contributed by atoms with van der Waals surface area (Å²) in [5.41, 5.74) is 4.09. The number of fused-ring (bicyclic) bond motifs is 2. The lowest BCUT2D eigenvalue weighted by Crippen LogP contribution is -2.35. The molecule has 2 fully saturated rings. The maximum Gasteiger partial charge on any atom is 0.304 e. The summed E-state index contributed by atoms with van der Waals surface area (Å²) in [4.78, 5) is 18.0. The average Bonchev–Trinajstić information content (AvgIpc) is 3.18. The lowest BCUT2D eigenvalue weighted by Gasteiger charge is -2.37. The van der Waals surface area contributed by atoms with E-state index < -0.39 is 5.60 Å². The van der Waals surface area contributed by atoms with E-state index in [1.165, 1.54) is 25.5 Å². The van der Waals surface area contributed by atoms with Crippen LogP contribution in [0, 0.1) is 16.7 Å². The minimum Gasteiger partial charge on any atom is -0.444 e. The Hall–Kier alpha value is -3.20. The lowest BCUT2D eigenvalue weighted by atomic mass is 9.70.